The molecule has 0 radical (unpaired) electrons. The van der Waals surface area contributed by atoms with E-state index < -0.39 is 0 Å². The van der Waals surface area contributed by atoms with Crippen LogP contribution in [0.15, 0.2) is 79.3 Å². The third kappa shape index (κ3) is 4.19. The molecule has 0 saturated heterocycles. The van der Waals surface area contributed by atoms with Crippen LogP contribution in [-0.2, 0) is 10.8 Å². The Kier molecular flexibility index (Phi) is 5.43. The van der Waals surface area contributed by atoms with Gasteiger partial charge in [-0.3, -0.25) is 4.98 Å². The van der Waals surface area contributed by atoms with E-state index in [1.54, 1.807) is 6.33 Å². The molecule has 0 spiro atoms. The van der Waals surface area contributed by atoms with Gasteiger partial charge < -0.3 is 9.14 Å². The van der Waals surface area contributed by atoms with Crippen LogP contribution in [0.5, 0.6) is 11.5 Å². The fraction of sp³-hybridized carbons (Fsp3) is 0.250. The van der Waals surface area contributed by atoms with E-state index in [0.717, 1.165) is 50.1 Å². The van der Waals surface area contributed by atoms with Crippen molar-refractivity contribution in [2.75, 3.05) is 0 Å². The average Bonchev–Trinajstić information content (AvgIpc) is 3.28. The summed E-state index contributed by atoms with van der Waals surface area (Å²) in [6.45, 7) is 15.5. The van der Waals surface area contributed by atoms with Crippen molar-refractivity contribution in [2.24, 2.45) is 0 Å². The molecule has 7 rings (SSSR count). The van der Waals surface area contributed by atoms with Gasteiger partial charge in [-0.2, -0.15) is 0 Å². The molecule has 5 heteroatoms. The number of aryl methyl sites for hydroxylation is 1. The summed E-state index contributed by atoms with van der Waals surface area (Å²) < 4.78 is 8.95. The molecule has 204 valence electrons. The monoisotopic (exact) mass is 538 g/mol. The molecular formula is C36H34N4O. The van der Waals surface area contributed by atoms with Gasteiger partial charge in [0.25, 0.3) is 0 Å². The van der Waals surface area contributed by atoms with Gasteiger partial charge in [0.1, 0.15) is 17.8 Å². The van der Waals surface area contributed by atoms with Gasteiger partial charge in [-0.15, -0.1) is 0 Å². The molecule has 0 bridgehead atoms. The standard InChI is InChI=1S/C36H34N4O/c1-21-14-22-8-10-29-32-33(39-20-38-29)28-19-26(9-11-31(28)40(21)34(22)32)41-27-16-23(15-25(17-27)36(5,6)7)30-18-24(12-13-37-30)35(2,3)4/h8-20H,1-7H3. The quantitative estimate of drug-likeness (QED) is 0.166. The van der Waals surface area contributed by atoms with Gasteiger partial charge in [-0.25, -0.2) is 9.97 Å². The minimum Gasteiger partial charge on any atom is -0.457 e. The zero-order valence-electron chi connectivity index (χ0n) is 24.7. The Labute approximate surface area is 240 Å². The van der Waals surface area contributed by atoms with Gasteiger partial charge in [0.05, 0.1) is 33.1 Å². The second-order valence-corrected chi connectivity index (χ2v) is 13.2. The number of ether oxygens (including phenoxy) is 1. The first-order chi connectivity index (χ1) is 19.5. The highest BCUT2D eigenvalue weighted by Crippen LogP contribution is 2.39. The summed E-state index contributed by atoms with van der Waals surface area (Å²) in [6.07, 6.45) is 3.56. The van der Waals surface area contributed by atoms with Crippen LogP contribution in [-0.4, -0.2) is 19.4 Å². The van der Waals surface area contributed by atoms with E-state index >= 15 is 0 Å². The third-order valence-electron chi connectivity index (χ3n) is 8.14. The van der Waals surface area contributed by atoms with Crippen molar-refractivity contribution in [3.8, 4) is 22.8 Å². The van der Waals surface area contributed by atoms with E-state index in [1.807, 2.05) is 6.20 Å². The number of rotatable bonds is 3. The zero-order chi connectivity index (χ0) is 28.7. The molecule has 0 aliphatic heterocycles. The smallest absolute Gasteiger partial charge is 0.128 e. The highest BCUT2D eigenvalue weighted by atomic mass is 16.5. The zero-order valence-corrected chi connectivity index (χ0v) is 24.7. The third-order valence-corrected chi connectivity index (χ3v) is 8.14. The predicted octanol–water partition coefficient (Wildman–Crippen LogP) is 9.38. The van der Waals surface area contributed by atoms with Crippen molar-refractivity contribution in [1.82, 2.24) is 19.4 Å². The largest absolute Gasteiger partial charge is 0.457 e. The summed E-state index contributed by atoms with van der Waals surface area (Å²) in [5, 5.41) is 3.33. The minimum atomic E-state index is -0.0563. The van der Waals surface area contributed by atoms with Crippen molar-refractivity contribution in [2.45, 2.75) is 59.3 Å². The molecule has 3 aromatic carbocycles. The van der Waals surface area contributed by atoms with E-state index in [1.165, 1.54) is 27.7 Å². The van der Waals surface area contributed by atoms with Gasteiger partial charge in [0.15, 0.2) is 0 Å². The average molecular weight is 539 g/mol. The molecule has 0 unspecified atom stereocenters. The van der Waals surface area contributed by atoms with E-state index in [2.05, 4.69) is 125 Å². The molecule has 0 aliphatic carbocycles. The first kappa shape index (κ1) is 25.5. The van der Waals surface area contributed by atoms with Gasteiger partial charge in [0.2, 0.25) is 0 Å². The highest BCUT2D eigenvalue weighted by molar-refractivity contribution is 6.21. The maximum absolute atomic E-state index is 6.63. The topological polar surface area (TPSA) is 52.3 Å². The van der Waals surface area contributed by atoms with E-state index in [0.29, 0.717) is 0 Å². The summed E-state index contributed by atoms with van der Waals surface area (Å²) in [6, 6.07) is 23.5. The molecule has 7 aromatic rings. The fourth-order valence-corrected chi connectivity index (χ4v) is 5.88. The molecular weight excluding hydrogens is 504 g/mol. The maximum atomic E-state index is 6.63. The van der Waals surface area contributed by atoms with Crippen LogP contribution in [0.25, 0.3) is 49.5 Å². The Hall–Kier alpha value is -4.51. The van der Waals surface area contributed by atoms with E-state index in [4.69, 9.17) is 14.7 Å². The van der Waals surface area contributed by atoms with Gasteiger partial charge in [0, 0.05) is 28.2 Å². The predicted molar refractivity (Wildman–Crippen MR) is 169 cm³/mol. The van der Waals surface area contributed by atoms with Crippen LogP contribution in [0.4, 0.5) is 0 Å². The first-order valence-corrected chi connectivity index (χ1v) is 14.2. The van der Waals surface area contributed by atoms with Crippen LogP contribution in [0.1, 0.15) is 58.4 Å². The van der Waals surface area contributed by atoms with Crippen molar-refractivity contribution in [1.29, 1.82) is 0 Å². The van der Waals surface area contributed by atoms with Gasteiger partial charge in [-0.1, -0.05) is 47.6 Å². The number of hydrogen-bond donors (Lipinski definition) is 0. The van der Waals surface area contributed by atoms with Crippen molar-refractivity contribution < 1.29 is 4.74 Å². The summed E-state index contributed by atoms with van der Waals surface area (Å²) >= 11 is 0. The second-order valence-electron chi connectivity index (χ2n) is 13.2. The number of hydrogen-bond acceptors (Lipinski definition) is 4. The summed E-state index contributed by atoms with van der Waals surface area (Å²) in [5.41, 5.74) is 9.79. The molecule has 0 aliphatic rings. The number of nitrogens with zero attached hydrogens (tertiary/aromatic N) is 4. The van der Waals surface area contributed by atoms with Crippen molar-refractivity contribution in [3.63, 3.8) is 0 Å². The number of aromatic nitrogens is 4. The van der Waals surface area contributed by atoms with E-state index in [9.17, 15) is 0 Å². The van der Waals surface area contributed by atoms with Crippen LogP contribution < -0.4 is 4.74 Å². The number of benzene rings is 3. The summed E-state index contributed by atoms with van der Waals surface area (Å²) in [7, 11) is 0. The first-order valence-electron chi connectivity index (χ1n) is 14.2. The molecule has 4 heterocycles. The van der Waals surface area contributed by atoms with Gasteiger partial charge >= 0.3 is 0 Å². The Morgan fingerprint density at radius 3 is 2.29 bits per heavy atom. The Morgan fingerprint density at radius 2 is 1.51 bits per heavy atom. The molecule has 0 fully saturated rings. The Balaban J connectivity index is 1.39. The molecule has 5 nitrogen and oxygen atoms in total. The molecule has 0 amide bonds. The van der Waals surface area contributed by atoms with E-state index in [-0.39, 0.29) is 10.8 Å². The van der Waals surface area contributed by atoms with Crippen LogP contribution in [0.2, 0.25) is 0 Å². The molecule has 41 heavy (non-hydrogen) atoms. The van der Waals surface area contributed by atoms with Crippen LogP contribution in [0.3, 0.4) is 0 Å². The minimum absolute atomic E-state index is 0.0382. The maximum Gasteiger partial charge on any atom is 0.128 e. The summed E-state index contributed by atoms with van der Waals surface area (Å²) in [4.78, 5) is 14.1. The number of pyridine rings is 2. The lowest BCUT2D eigenvalue weighted by atomic mass is 9.84. The fourth-order valence-electron chi connectivity index (χ4n) is 5.88. The number of fused-ring (bicyclic) bond motifs is 3. The molecule has 0 N–H and O–H groups in total. The highest BCUT2D eigenvalue weighted by Gasteiger charge is 2.20. The van der Waals surface area contributed by atoms with Gasteiger partial charge in [-0.05, 0) is 89.5 Å². The molecule has 0 saturated carbocycles. The lowest BCUT2D eigenvalue weighted by Crippen LogP contribution is -2.12. The normalized spacial score (nSPS) is 12.8. The van der Waals surface area contributed by atoms with Crippen molar-refractivity contribution >= 4 is 38.2 Å². The Morgan fingerprint density at radius 1 is 0.707 bits per heavy atom. The molecule has 0 atom stereocenters. The lowest BCUT2D eigenvalue weighted by Gasteiger charge is -2.22. The van der Waals surface area contributed by atoms with Crippen LogP contribution in [0, 0.1) is 6.92 Å². The Bertz CT molecular complexity index is 2110. The SMILES string of the molecule is Cc1cc2ccc3ncnc4c5cc(Oc6cc(-c7cc(C(C)(C)C)ccn7)cc(C(C)(C)C)c6)ccc5n1c2c34. The van der Waals surface area contributed by atoms with Crippen LogP contribution >= 0.6 is 0 Å². The molecule has 4 aromatic heterocycles. The lowest BCUT2D eigenvalue weighted by molar-refractivity contribution is 0.479. The summed E-state index contributed by atoms with van der Waals surface area (Å²) in [5.74, 6) is 1.56. The second kappa shape index (κ2) is 8.74. The van der Waals surface area contributed by atoms with Crippen molar-refractivity contribution in [3.05, 3.63) is 96.1 Å².